The lowest BCUT2D eigenvalue weighted by molar-refractivity contribution is 0.0698. The Bertz CT molecular complexity index is 646. The molecule has 0 aromatic heterocycles. The van der Waals surface area contributed by atoms with E-state index in [9.17, 15) is 13.2 Å². The van der Waals surface area contributed by atoms with Gasteiger partial charge in [0, 0.05) is 35.2 Å². The Hall–Kier alpha value is -1.41. The Morgan fingerprint density at radius 1 is 1.52 bits per heavy atom. The number of carbonyl (C=O) groups is 1. The summed E-state index contributed by atoms with van der Waals surface area (Å²) in [5.74, 6) is 0.329. The van der Waals surface area contributed by atoms with Crippen LogP contribution in [0.4, 0.5) is 11.4 Å². The largest absolute Gasteiger partial charge is 0.478 e. The number of nitrogen functional groups attached to an aromatic ring is 1. The highest BCUT2D eigenvalue weighted by Crippen LogP contribution is 2.29. The van der Waals surface area contributed by atoms with Gasteiger partial charge >= 0.3 is 5.97 Å². The van der Waals surface area contributed by atoms with Crippen molar-refractivity contribution in [1.82, 2.24) is 0 Å². The summed E-state index contributed by atoms with van der Waals surface area (Å²) in [6.07, 6.45) is 0. The number of aromatic carboxylic acids is 1. The molecule has 1 aromatic rings. The van der Waals surface area contributed by atoms with E-state index in [-0.39, 0.29) is 17.0 Å². The fraction of sp³-hybridized carbons (Fsp3) is 0.462. The third-order valence-corrected chi connectivity index (χ3v) is 6.79. The monoisotopic (exact) mass is 330 g/mol. The van der Waals surface area contributed by atoms with Crippen molar-refractivity contribution in [2.24, 2.45) is 0 Å². The van der Waals surface area contributed by atoms with E-state index in [1.54, 1.807) is 29.7 Å². The molecule has 116 valence electrons. The van der Waals surface area contributed by atoms with Crippen molar-refractivity contribution >= 4 is 38.9 Å². The van der Waals surface area contributed by atoms with Crippen molar-refractivity contribution in [3.8, 4) is 0 Å². The third kappa shape index (κ3) is 3.26. The van der Waals surface area contributed by atoms with Crippen LogP contribution in [-0.2, 0) is 9.84 Å². The summed E-state index contributed by atoms with van der Waals surface area (Å²) in [5.41, 5.74) is 6.58. The predicted molar refractivity (Wildman–Crippen MR) is 85.7 cm³/mol. The maximum Gasteiger partial charge on any atom is 0.337 e. The molecule has 0 amide bonds. The molecule has 0 bridgehead atoms. The van der Waals surface area contributed by atoms with Crippen molar-refractivity contribution in [2.75, 3.05) is 34.4 Å². The standard InChI is InChI=1S/C13H18N2O4S2/c1-2-21(18,19)12-8-20-6-5-15(12)9-3-4-10(13(16)17)11(14)7-9/h3-4,7,12H,2,5-6,8,14H2,1H3,(H,16,17). The van der Waals surface area contributed by atoms with Crippen molar-refractivity contribution in [3.05, 3.63) is 23.8 Å². The van der Waals surface area contributed by atoms with E-state index in [2.05, 4.69) is 0 Å². The first-order valence-electron chi connectivity index (χ1n) is 6.55. The fourth-order valence-corrected chi connectivity index (χ4v) is 5.28. The lowest BCUT2D eigenvalue weighted by atomic mass is 10.1. The van der Waals surface area contributed by atoms with Crippen LogP contribution in [-0.4, -0.2) is 48.7 Å². The van der Waals surface area contributed by atoms with Gasteiger partial charge in [0.25, 0.3) is 0 Å². The maximum absolute atomic E-state index is 12.2. The second-order valence-electron chi connectivity index (χ2n) is 4.75. The molecule has 8 heteroatoms. The fourth-order valence-electron chi connectivity index (χ4n) is 2.29. The van der Waals surface area contributed by atoms with Crippen LogP contribution in [0.3, 0.4) is 0 Å². The van der Waals surface area contributed by atoms with Gasteiger partial charge < -0.3 is 15.7 Å². The van der Waals surface area contributed by atoms with Gasteiger partial charge in [0.15, 0.2) is 9.84 Å². The van der Waals surface area contributed by atoms with Crippen LogP contribution in [0.2, 0.25) is 0 Å². The minimum absolute atomic E-state index is 0.0278. The Balaban J connectivity index is 2.38. The average molecular weight is 330 g/mol. The van der Waals surface area contributed by atoms with Crippen LogP contribution in [0, 0.1) is 0 Å². The van der Waals surface area contributed by atoms with E-state index in [0.717, 1.165) is 5.75 Å². The van der Waals surface area contributed by atoms with Crippen LogP contribution >= 0.6 is 11.8 Å². The maximum atomic E-state index is 12.2. The minimum Gasteiger partial charge on any atom is -0.478 e. The first-order valence-corrected chi connectivity index (χ1v) is 9.42. The van der Waals surface area contributed by atoms with E-state index in [1.807, 2.05) is 0 Å². The van der Waals surface area contributed by atoms with Crippen LogP contribution in [0.5, 0.6) is 0 Å². The van der Waals surface area contributed by atoms with Gasteiger partial charge in [-0.05, 0) is 18.2 Å². The number of benzene rings is 1. The molecule has 3 N–H and O–H groups in total. The van der Waals surface area contributed by atoms with Crippen LogP contribution in [0.15, 0.2) is 18.2 Å². The first kappa shape index (κ1) is 16.0. The summed E-state index contributed by atoms with van der Waals surface area (Å²) in [4.78, 5) is 12.8. The van der Waals surface area contributed by atoms with Crippen LogP contribution < -0.4 is 10.6 Å². The zero-order valence-corrected chi connectivity index (χ0v) is 13.3. The molecule has 1 fully saturated rings. The Morgan fingerprint density at radius 2 is 2.24 bits per heavy atom. The van der Waals surface area contributed by atoms with Gasteiger partial charge in [-0.3, -0.25) is 0 Å². The number of nitrogens with two attached hydrogens (primary N) is 1. The van der Waals surface area contributed by atoms with Gasteiger partial charge in [-0.2, -0.15) is 11.8 Å². The Morgan fingerprint density at radius 3 is 2.81 bits per heavy atom. The summed E-state index contributed by atoms with van der Waals surface area (Å²) < 4.78 is 24.4. The molecule has 1 saturated heterocycles. The highest BCUT2D eigenvalue weighted by atomic mass is 32.2. The molecular weight excluding hydrogens is 312 g/mol. The molecule has 0 aliphatic carbocycles. The van der Waals surface area contributed by atoms with Crippen molar-refractivity contribution in [3.63, 3.8) is 0 Å². The molecule has 0 spiro atoms. The summed E-state index contributed by atoms with van der Waals surface area (Å²) in [6.45, 7) is 2.23. The molecule has 1 heterocycles. The second kappa shape index (κ2) is 6.15. The van der Waals surface area contributed by atoms with Gasteiger partial charge in [-0.15, -0.1) is 0 Å². The average Bonchev–Trinajstić information content (AvgIpc) is 2.46. The molecule has 1 atom stereocenters. The molecule has 2 rings (SSSR count). The van der Waals surface area contributed by atoms with E-state index in [0.29, 0.717) is 18.0 Å². The molecule has 1 aliphatic heterocycles. The highest BCUT2D eigenvalue weighted by Gasteiger charge is 2.33. The van der Waals surface area contributed by atoms with E-state index < -0.39 is 21.2 Å². The SMILES string of the molecule is CCS(=O)(=O)C1CSCCN1c1ccc(C(=O)O)c(N)c1. The van der Waals surface area contributed by atoms with Crippen LogP contribution in [0.1, 0.15) is 17.3 Å². The first-order chi connectivity index (χ1) is 9.86. The number of hydrogen-bond donors (Lipinski definition) is 2. The number of sulfone groups is 1. The number of hydrogen-bond acceptors (Lipinski definition) is 6. The lowest BCUT2D eigenvalue weighted by Crippen LogP contribution is -2.48. The van der Waals surface area contributed by atoms with Gasteiger partial charge in [-0.1, -0.05) is 6.92 Å². The molecule has 1 unspecified atom stereocenters. The Kier molecular flexibility index (Phi) is 4.67. The Labute approximate surface area is 128 Å². The topological polar surface area (TPSA) is 101 Å². The molecule has 0 radical (unpaired) electrons. The third-order valence-electron chi connectivity index (χ3n) is 3.50. The number of rotatable bonds is 4. The molecule has 21 heavy (non-hydrogen) atoms. The van der Waals surface area contributed by atoms with Crippen molar-refractivity contribution in [1.29, 1.82) is 0 Å². The number of carboxylic acids is 1. The predicted octanol–water partition coefficient (Wildman–Crippen LogP) is 1.28. The highest BCUT2D eigenvalue weighted by molar-refractivity contribution is 8.01. The summed E-state index contributed by atoms with van der Waals surface area (Å²) in [6, 6.07) is 4.58. The second-order valence-corrected chi connectivity index (χ2v) is 8.35. The smallest absolute Gasteiger partial charge is 0.337 e. The molecule has 1 aliphatic rings. The van der Waals surface area contributed by atoms with E-state index in [4.69, 9.17) is 10.8 Å². The number of thioether (sulfide) groups is 1. The zero-order chi connectivity index (χ0) is 15.6. The molecule has 1 aromatic carbocycles. The van der Waals surface area contributed by atoms with Crippen LogP contribution in [0.25, 0.3) is 0 Å². The van der Waals surface area contributed by atoms with Gasteiger partial charge in [0.1, 0.15) is 5.37 Å². The zero-order valence-electron chi connectivity index (χ0n) is 11.7. The summed E-state index contributed by atoms with van der Waals surface area (Å²) in [5, 5.41) is 8.41. The van der Waals surface area contributed by atoms with Crippen molar-refractivity contribution < 1.29 is 18.3 Å². The summed E-state index contributed by atoms with van der Waals surface area (Å²) >= 11 is 1.61. The van der Waals surface area contributed by atoms with Crippen molar-refractivity contribution in [2.45, 2.75) is 12.3 Å². The molecule has 6 nitrogen and oxygen atoms in total. The number of carboxylic acid groups (broad SMARTS) is 1. The van der Waals surface area contributed by atoms with Gasteiger partial charge in [0.2, 0.25) is 0 Å². The van der Waals surface area contributed by atoms with Gasteiger partial charge in [-0.25, -0.2) is 13.2 Å². The number of nitrogens with zero attached hydrogens (tertiary/aromatic N) is 1. The molecule has 0 saturated carbocycles. The van der Waals surface area contributed by atoms with E-state index >= 15 is 0 Å². The van der Waals surface area contributed by atoms with E-state index in [1.165, 1.54) is 12.1 Å². The normalized spacial score (nSPS) is 19.5. The quantitative estimate of drug-likeness (QED) is 0.802. The minimum atomic E-state index is -3.21. The summed E-state index contributed by atoms with van der Waals surface area (Å²) in [7, 11) is -3.21. The molecular formula is C13H18N2O4S2. The van der Waals surface area contributed by atoms with Gasteiger partial charge in [0.05, 0.1) is 5.56 Å². The lowest BCUT2D eigenvalue weighted by Gasteiger charge is -2.36. The number of anilines is 2.